The van der Waals surface area contributed by atoms with Crippen molar-refractivity contribution in [2.24, 2.45) is 0 Å². The van der Waals surface area contributed by atoms with E-state index < -0.39 is 47.0 Å². The zero-order chi connectivity index (χ0) is 22.0. The largest absolute Gasteiger partial charge is 0.416 e. The molecule has 28 heavy (non-hydrogen) atoms. The van der Waals surface area contributed by atoms with Crippen molar-refractivity contribution >= 4 is 0 Å². The molecule has 2 rings (SSSR count). The SMILES string of the molecule is FC(F)(F)c1cc(C(F)(F)F)cc(C(F)(F)F)c1.FC(F)(F)c1ccccc1. The molecular formula is C16H8F12. The Bertz CT molecular complexity index is 684. The fourth-order valence-corrected chi connectivity index (χ4v) is 1.75. The van der Waals surface area contributed by atoms with E-state index in [1.54, 1.807) is 6.07 Å². The molecule has 0 fully saturated rings. The third kappa shape index (κ3) is 6.97. The van der Waals surface area contributed by atoms with Crippen molar-refractivity contribution in [3.8, 4) is 0 Å². The molecule has 0 saturated carbocycles. The van der Waals surface area contributed by atoms with Crippen molar-refractivity contribution in [3.05, 3.63) is 70.8 Å². The second-order valence-electron chi connectivity index (χ2n) is 5.16. The Hall–Kier alpha value is -2.40. The molecule has 156 valence electrons. The van der Waals surface area contributed by atoms with E-state index in [0.717, 1.165) is 12.1 Å². The smallest absolute Gasteiger partial charge is 0.166 e. The van der Waals surface area contributed by atoms with Gasteiger partial charge in [-0.1, -0.05) is 30.3 Å². The minimum Gasteiger partial charge on any atom is -0.166 e. The van der Waals surface area contributed by atoms with E-state index in [4.69, 9.17) is 0 Å². The number of rotatable bonds is 0. The molecular weight excluding hydrogens is 420 g/mol. The summed E-state index contributed by atoms with van der Waals surface area (Å²) >= 11 is 0. The number of halogens is 12. The van der Waals surface area contributed by atoms with E-state index in [2.05, 4.69) is 0 Å². The van der Waals surface area contributed by atoms with Crippen molar-refractivity contribution in [1.29, 1.82) is 0 Å². The first kappa shape index (κ1) is 23.6. The van der Waals surface area contributed by atoms with Crippen molar-refractivity contribution in [1.82, 2.24) is 0 Å². The van der Waals surface area contributed by atoms with Crippen LogP contribution < -0.4 is 0 Å². The van der Waals surface area contributed by atoms with Gasteiger partial charge in [-0.3, -0.25) is 0 Å². The molecule has 0 bridgehead atoms. The van der Waals surface area contributed by atoms with E-state index >= 15 is 0 Å². The third-order valence-corrected chi connectivity index (χ3v) is 3.02. The first-order chi connectivity index (χ1) is 12.4. The number of hydrogen-bond acceptors (Lipinski definition) is 0. The highest BCUT2D eigenvalue weighted by atomic mass is 19.4. The lowest BCUT2D eigenvalue weighted by molar-refractivity contribution is -0.148. The topological polar surface area (TPSA) is 0 Å². The van der Waals surface area contributed by atoms with E-state index in [0.29, 0.717) is 0 Å². The normalized spacial score (nSPS) is 13.0. The summed E-state index contributed by atoms with van der Waals surface area (Å²) in [6, 6.07) is 5.26. The highest BCUT2D eigenvalue weighted by Gasteiger charge is 2.41. The van der Waals surface area contributed by atoms with Crippen LogP contribution in [0.25, 0.3) is 0 Å². The quantitative estimate of drug-likeness (QED) is 0.383. The maximum Gasteiger partial charge on any atom is 0.416 e. The van der Waals surface area contributed by atoms with Crippen LogP contribution in [0.4, 0.5) is 52.7 Å². The molecule has 0 unspecified atom stereocenters. The molecule has 0 amide bonds. The fourth-order valence-electron chi connectivity index (χ4n) is 1.75. The summed E-state index contributed by atoms with van der Waals surface area (Å²) in [4.78, 5) is 0. The average molecular weight is 428 g/mol. The second kappa shape index (κ2) is 7.92. The maximum absolute atomic E-state index is 12.2. The van der Waals surface area contributed by atoms with Crippen LogP contribution in [-0.2, 0) is 24.7 Å². The van der Waals surface area contributed by atoms with Gasteiger partial charge < -0.3 is 0 Å². The van der Waals surface area contributed by atoms with Crippen LogP contribution in [0.3, 0.4) is 0 Å². The van der Waals surface area contributed by atoms with Crippen LogP contribution >= 0.6 is 0 Å². The summed E-state index contributed by atoms with van der Waals surface area (Å²) < 4.78 is 145. The number of benzene rings is 2. The Balaban J connectivity index is 0.000000330. The molecule has 2 aromatic carbocycles. The highest BCUT2D eigenvalue weighted by Crippen LogP contribution is 2.40. The lowest BCUT2D eigenvalue weighted by atomic mass is 10.0. The Kier molecular flexibility index (Phi) is 6.68. The van der Waals surface area contributed by atoms with Crippen LogP contribution in [0.1, 0.15) is 22.3 Å². The van der Waals surface area contributed by atoms with Gasteiger partial charge in [0.2, 0.25) is 0 Å². The van der Waals surface area contributed by atoms with E-state index in [1.165, 1.54) is 12.1 Å². The van der Waals surface area contributed by atoms with Gasteiger partial charge in [0.15, 0.2) is 0 Å². The van der Waals surface area contributed by atoms with Crippen molar-refractivity contribution < 1.29 is 52.7 Å². The Labute approximate surface area is 149 Å². The molecule has 0 aliphatic rings. The molecule has 0 N–H and O–H groups in total. The van der Waals surface area contributed by atoms with Gasteiger partial charge in [0.1, 0.15) is 0 Å². The first-order valence-corrected chi connectivity index (χ1v) is 6.91. The lowest BCUT2D eigenvalue weighted by Gasteiger charge is -2.15. The second-order valence-corrected chi connectivity index (χ2v) is 5.16. The zero-order valence-electron chi connectivity index (χ0n) is 13.2. The molecule has 0 aliphatic carbocycles. The molecule has 0 spiro atoms. The van der Waals surface area contributed by atoms with Gasteiger partial charge >= 0.3 is 24.7 Å². The predicted molar refractivity (Wildman–Crippen MR) is 72.9 cm³/mol. The third-order valence-electron chi connectivity index (χ3n) is 3.02. The molecule has 0 atom stereocenters. The molecule has 0 saturated heterocycles. The van der Waals surface area contributed by atoms with Crippen LogP contribution in [0, 0.1) is 0 Å². The van der Waals surface area contributed by atoms with Crippen LogP contribution in [0.15, 0.2) is 48.5 Å². The summed E-state index contributed by atoms with van der Waals surface area (Å²) in [7, 11) is 0. The van der Waals surface area contributed by atoms with Crippen LogP contribution in [0.5, 0.6) is 0 Å². The standard InChI is InChI=1S/C9H3F9.C7H5F3/c10-7(11,12)4-1-5(8(13,14)15)3-6(2-4)9(16,17)18;8-7(9,10)6-4-2-1-3-5-6/h1-3H;1-5H. The minimum atomic E-state index is -5.29. The zero-order valence-corrected chi connectivity index (χ0v) is 13.2. The molecule has 0 radical (unpaired) electrons. The highest BCUT2D eigenvalue weighted by molar-refractivity contribution is 5.35. The number of alkyl halides is 12. The molecule has 0 nitrogen and oxygen atoms in total. The maximum atomic E-state index is 12.2. The summed E-state index contributed by atoms with van der Waals surface area (Å²) in [6.07, 6.45) is -20.1. The molecule has 0 aliphatic heterocycles. The average Bonchev–Trinajstić information content (AvgIpc) is 2.52. The van der Waals surface area contributed by atoms with Crippen molar-refractivity contribution in [2.45, 2.75) is 24.7 Å². The van der Waals surface area contributed by atoms with Gasteiger partial charge in [0.05, 0.1) is 22.3 Å². The Morgan fingerprint density at radius 3 is 0.786 bits per heavy atom. The minimum absolute atomic E-state index is 0.366. The Morgan fingerprint density at radius 1 is 0.357 bits per heavy atom. The van der Waals surface area contributed by atoms with Gasteiger partial charge in [-0.2, -0.15) is 52.7 Å². The fraction of sp³-hybridized carbons (Fsp3) is 0.250. The summed E-state index contributed by atoms with van der Waals surface area (Å²) in [6.45, 7) is 0. The summed E-state index contributed by atoms with van der Waals surface area (Å²) in [5, 5.41) is 0. The molecule has 2 aromatic rings. The van der Waals surface area contributed by atoms with E-state index in [9.17, 15) is 52.7 Å². The predicted octanol–water partition coefficient (Wildman–Crippen LogP) is 7.45. The van der Waals surface area contributed by atoms with Gasteiger partial charge in [0.25, 0.3) is 0 Å². The molecule has 0 aromatic heterocycles. The van der Waals surface area contributed by atoms with Crippen molar-refractivity contribution in [3.63, 3.8) is 0 Å². The summed E-state index contributed by atoms with van der Waals surface area (Å²) in [5.74, 6) is 0. The monoisotopic (exact) mass is 428 g/mol. The first-order valence-electron chi connectivity index (χ1n) is 6.91. The van der Waals surface area contributed by atoms with E-state index in [-0.39, 0.29) is 18.2 Å². The Morgan fingerprint density at radius 2 is 0.607 bits per heavy atom. The lowest BCUT2D eigenvalue weighted by Crippen LogP contribution is -2.15. The summed E-state index contributed by atoms with van der Waals surface area (Å²) in [5.41, 5.74) is -6.59. The van der Waals surface area contributed by atoms with E-state index in [1.807, 2.05) is 0 Å². The van der Waals surface area contributed by atoms with Gasteiger partial charge in [-0.25, -0.2) is 0 Å². The van der Waals surface area contributed by atoms with Crippen LogP contribution in [-0.4, -0.2) is 0 Å². The molecule has 12 heteroatoms. The van der Waals surface area contributed by atoms with Gasteiger partial charge in [-0.15, -0.1) is 0 Å². The van der Waals surface area contributed by atoms with Gasteiger partial charge in [0, 0.05) is 0 Å². The molecule has 0 heterocycles. The van der Waals surface area contributed by atoms with Gasteiger partial charge in [-0.05, 0) is 18.2 Å². The number of hydrogen-bond donors (Lipinski definition) is 0. The van der Waals surface area contributed by atoms with Crippen LogP contribution in [0.2, 0.25) is 0 Å². The van der Waals surface area contributed by atoms with Crippen molar-refractivity contribution in [2.75, 3.05) is 0 Å².